The van der Waals surface area contributed by atoms with Crippen LogP contribution in [0.1, 0.15) is 16.1 Å². The van der Waals surface area contributed by atoms with Crippen LogP contribution in [0.5, 0.6) is 17.2 Å². The van der Waals surface area contributed by atoms with Gasteiger partial charge < -0.3 is 20.9 Å². The number of phenolic OH excluding ortho intramolecular Hbond substituents is 1. The molecule has 5 rings (SSSR count). The molecule has 3 aromatic carbocycles. The highest BCUT2D eigenvalue weighted by atomic mass is 19.4. The minimum absolute atomic E-state index is 0.0300. The molecule has 0 spiro atoms. The summed E-state index contributed by atoms with van der Waals surface area (Å²) in [5.41, 5.74) is 2.28. The summed E-state index contributed by atoms with van der Waals surface area (Å²) in [6.45, 7) is 0. The normalized spacial score (nSPS) is 11.3. The van der Waals surface area contributed by atoms with E-state index in [1.807, 2.05) is 0 Å². The Morgan fingerprint density at radius 1 is 0.953 bits per heavy atom. The van der Waals surface area contributed by atoms with Gasteiger partial charge in [0.2, 0.25) is 5.95 Å². The number of amides is 1. The average molecular weight is 595 g/mol. The second-order valence-electron chi connectivity index (χ2n) is 8.93. The Morgan fingerprint density at radius 2 is 1.70 bits per heavy atom. The Labute approximate surface area is 238 Å². The number of carbonyl (C=O) groups excluding carboxylic acids is 1. The third-order valence-corrected chi connectivity index (χ3v) is 6.04. The molecule has 9 nitrogen and oxygen atoms in total. The fraction of sp³-hybridized carbons (Fsp3) is 0.0345. The number of ether oxygens (including phenoxy) is 1. The van der Waals surface area contributed by atoms with E-state index in [2.05, 4.69) is 15.3 Å². The van der Waals surface area contributed by atoms with Gasteiger partial charge in [0.15, 0.2) is 11.6 Å². The molecule has 0 radical (unpaired) electrons. The second-order valence-corrected chi connectivity index (χ2v) is 8.93. The van der Waals surface area contributed by atoms with Gasteiger partial charge in [-0.05, 0) is 72.8 Å². The van der Waals surface area contributed by atoms with Crippen LogP contribution in [0.3, 0.4) is 0 Å². The van der Waals surface area contributed by atoms with Gasteiger partial charge in [0.1, 0.15) is 28.6 Å². The zero-order valence-electron chi connectivity index (χ0n) is 21.6. The summed E-state index contributed by atoms with van der Waals surface area (Å²) >= 11 is 0. The molecule has 14 heteroatoms. The van der Waals surface area contributed by atoms with Crippen LogP contribution in [-0.2, 0) is 6.18 Å². The molecule has 5 aromatic rings. The lowest BCUT2D eigenvalue weighted by atomic mass is 10.1. The molecule has 0 unspecified atom stereocenters. The van der Waals surface area contributed by atoms with Crippen molar-refractivity contribution in [2.75, 3.05) is 11.1 Å². The Bertz CT molecular complexity index is 1910. The van der Waals surface area contributed by atoms with Crippen LogP contribution in [0.25, 0.3) is 16.9 Å². The summed E-state index contributed by atoms with van der Waals surface area (Å²) in [6.07, 6.45) is -3.58. The zero-order valence-corrected chi connectivity index (χ0v) is 21.6. The standard InChI is InChI=1S/C29H18F5N5O4/c30-15-1-4-17(5-2-15)39-25(29(32,33)34)10-7-19(27(39)42)26(41)37-16-3-9-24(21(31)13-16)43-18-6-8-23(40)20(14-18)22-11-12-36-28(35)38-22/h1-14,40H,(H,37,41)(H2,35,36,38). The molecule has 0 saturated heterocycles. The van der Waals surface area contributed by atoms with Crippen LogP contribution in [0.4, 0.5) is 33.6 Å². The summed E-state index contributed by atoms with van der Waals surface area (Å²) in [7, 11) is 0. The molecule has 0 fully saturated rings. The Hall–Kier alpha value is -5.79. The van der Waals surface area contributed by atoms with Crippen LogP contribution < -0.4 is 21.3 Å². The van der Waals surface area contributed by atoms with E-state index in [0.717, 1.165) is 30.3 Å². The first-order chi connectivity index (χ1) is 20.4. The van der Waals surface area contributed by atoms with Crippen molar-refractivity contribution in [1.82, 2.24) is 14.5 Å². The van der Waals surface area contributed by atoms with E-state index >= 15 is 0 Å². The second kappa shape index (κ2) is 11.2. The summed E-state index contributed by atoms with van der Waals surface area (Å²) in [4.78, 5) is 33.7. The van der Waals surface area contributed by atoms with E-state index < -0.39 is 40.5 Å². The summed E-state index contributed by atoms with van der Waals surface area (Å²) in [5.74, 6) is -3.12. The number of nitrogen functional groups attached to an aromatic ring is 1. The number of hydrogen-bond acceptors (Lipinski definition) is 7. The van der Waals surface area contributed by atoms with Gasteiger partial charge >= 0.3 is 6.18 Å². The maximum Gasteiger partial charge on any atom is 0.431 e. The predicted molar refractivity (Wildman–Crippen MR) is 145 cm³/mol. The van der Waals surface area contributed by atoms with Gasteiger partial charge in [0.25, 0.3) is 11.5 Å². The van der Waals surface area contributed by atoms with Crippen molar-refractivity contribution in [3.8, 4) is 34.2 Å². The topological polar surface area (TPSA) is 132 Å². The lowest BCUT2D eigenvalue weighted by Gasteiger charge is -2.17. The number of anilines is 2. The number of aromatic nitrogens is 3. The third kappa shape index (κ3) is 6.12. The number of nitrogens with one attached hydrogen (secondary N) is 1. The van der Waals surface area contributed by atoms with Crippen LogP contribution in [-0.4, -0.2) is 25.5 Å². The Kier molecular flexibility index (Phi) is 7.51. The summed E-state index contributed by atoms with van der Waals surface area (Å²) in [5, 5.41) is 12.5. The number of carbonyl (C=O) groups is 1. The number of aromatic hydroxyl groups is 1. The van der Waals surface area contributed by atoms with Crippen molar-refractivity contribution in [2.45, 2.75) is 6.18 Å². The number of hydrogen-bond donors (Lipinski definition) is 3. The minimum Gasteiger partial charge on any atom is -0.507 e. The number of benzene rings is 3. The Morgan fingerprint density at radius 3 is 2.37 bits per heavy atom. The highest BCUT2D eigenvalue weighted by Crippen LogP contribution is 2.35. The first-order valence-corrected chi connectivity index (χ1v) is 12.2. The maximum atomic E-state index is 14.9. The fourth-order valence-corrected chi connectivity index (χ4v) is 4.07. The third-order valence-electron chi connectivity index (χ3n) is 6.04. The summed E-state index contributed by atoms with van der Waals surface area (Å²) in [6, 6.07) is 13.7. The van der Waals surface area contributed by atoms with E-state index in [1.54, 1.807) is 0 Å². The number of pyridine rings is 1. The fourth-order valence-electron chi connectivity index (χ4n) is 4.07. The molecule has 43 heavy (non-hydrogen) atoms. The molecular formula is C29H18F5N5O4. The molecule has 0 aliphatic rings. The van der Waals surface area contributed by atoms with Crippen molar-refractivity contribution in [3.63, 3.8) is 0 Å². The lowest BCUT2D eigenvalue weighted by molar-refractivity contribution is -0.142. The molecule has 4 N–H and O–H groups in total. The number of alkyl halides is 3. The number of halogens is 5. The van der Waals surface area contributed by atoms with Crippen molar-refractivity contribution in [1.29, 1.82) is 0 Å². The molecule has 218 valence electrons. The predicted octanol–water partition coefficient (Wildman–Crippen LogP) is 5.92. The zero-order chi connectivity index (χ0) is 30.9. The molecule has 0 saturated carbocycles. The van der Waals surface area contributed by atoms with Gasteiger partial charge in [-0.25, -0.2) is 18.7 Å². The van der Waals surface area contributed by atoms with Crippen LogP contribution in [0.15, 0.2) is 89.9 Å². The molecule has 0 bridgehead atoms. The van der Waals surface area contributed by atoms with Gasteiger partial charge in [-0.1, -0.05) is 0 Å². The van der Waals surface area contributed by atoms with E-state index in [4.69, 9.17) is 10.5 Å². The maximum absolute atomic E-state index is 14.9. The quantitative estimate of drug-likeness (QED) is 0.208. The molecule has 0 aliphatic carbocycles. The molecule has 1 amide bonds. The molecule has 0 atom stereocenters. The summed E-state index contributed by atoms with van der Waals surface area (Å²) < 4.78 is 75.1. The number of rotatable bonds is 6. The van der Waals surface area contributed by atoms with E-state index in [1.165, 1.54) is 42.6 Å². The lowest BCUT2D eigenvalue weighted by Crippen LogP contribution is -2.32. The molecule has 0 aliphatic heterocycles. The molecule has 2 heterocycles. The monoisotopic (exact) mass is 595 g/mol. The highest BCUT2D eigenvalue weighted by Gasteiger charge is 2.36. The van der Waals surface area contributed by atoms with Gasteiger partial charge in [-0.2, -0.15) is 13.2 Å². The average Bonchev–Trinajstić information content (AvgIpc) is 2.95. The smallest absolute Gasteiger partial charge is 0.431 e. The largest absolute Gasteiger partial charge is 0.507 e. The van der Waals surface area contributed by atoms with Crippen molar-refractivity contribution in [3.05, 3.63) is 118 Å². The molecule has 2 aromatic heterocycles. The van der Waals surface area contributed by atoms with Gasteiger partial charge in [-0.3, -0.25) is 14.2 Å². The SMILES string of the molecule is Nc1nccc(-c2cc(Oc3ccc(NC(=O)c4ccc(C(F)(F)F)n(-c5ccc(F)cc5)c4=O)cc3F)ccc2O)n1. The number of nitrogens with zero attached hydrogens (tertiary/aromatic N) is 3. The van der Waals surface area contributed by atoms with Crippen molar-refractivity contribution >= 4 is 17.5 Å². The highest BCUT2D eigenvalue weighted by molar-refractivity contribution is 6.04. The van der Waals surface area contributed by atoms with Crippen LogP contribution >= 0.6 is 0 Å². The van der Waals surface area contributed by atoms with Gasteiger partial charge in [0.05, 0.1) is 5.69 Å². The first-order valence-electron chi connectivity index (χ1n) is 12.2. The first kappa shape index (κ1) is 28.7. The minimum atomic E-state index is -4.97. The van der Waals surface area contributed by atoms with Gasteiger partial charge in [0, 0.05) is 29.2 Å². The van der Waals surface area contributed by atoms with Crippen LogP contribution in [0, 0.1) is 11.6 Å². The Balaban J connectivity index is 1.40. The van der Waals surface area contributed by atoms with Gasteiger partial charge in [-0.15, -0.1) is 0 Å². The van der Waals surface area contributed by atoms with E-state index in [9.17, 15) is 36.6 Å². The van der Waals surface area contributed by atoms with E-state index in [0.29, 0.717) is 12.1 Å². The number of nitrogens with two attached hydrogens (primary N) is 1. The number of phenols is 1. The van der Waals surface area contributed by atoms with Crippen molar-refractivity contribution < 1.29 is 36.6 Å². The molecular weight excluding hydrogens is 577 g/mol. The van der Waals surface area contributed by atoms with Crippen LogP contribution in [0.2, 0.25) is 0 Å². The van der Waals surface area contributed by atoms with E-state index in [-0.39, 0.29) is 50.4 Å². The van der Waals surface area contributed by atoms with Crippen molar-refractivity contribution in [2.24, 2.45) is 0 Å².